The van der Waals surface area contributed by atoms with Crippen LogP contribution in [0.1, 0.15) is 20.8 Å². The summed E-state index contributed by atoms with van der Waals surface area (Å²) in [5, 5.41) is 10.9. The largest absolute Gasteiger partial charge is 0.350 e. The molecule has 0 fully saturated rings. The van der Waals surface area contributed by atoms with Crippen molar-refractivity contribution in [2.75, 3.05) is 0 Å². The number of para-hydroxylation sites is 1. The monoisotopic (exact) mass is 232 g/mol. The van der Waals surface area contributed by atoms with Gasteiger partial charge in [0, 0.05) is 5.54 Å². The molecule has 5 heteroatoms. The Morgan fingerprint density at radius 2 is 2.06 bits per heavy atom. The van der Waals surface area contributed by atoms with E-state index in [0.717, 1.165) is 11.0 Å². The molecule has 0 bridgehead atoms. The van der Waals surface area contributed by atoms with Crippen molar-refractivity contribution < 1.29 is 4.79 Å². The van der Waals surface area contributed by atoms with E-state index < -0.39 is 0 Å². The van der Waals surface area contributed by atoms with E-state index in [1.165, 1.54) is 0 Å². The van der Waals surface area contributed by atoms with E-state index in [2.05, 4.69) is 15.6 Å². The van der Waals surface area contributed by atoms with Gasteiger partial charge in [-0.25, -0.2) is 4.68 Å². The fraction of sp³-hybridized carbons (Fsp3) is 0.417. The number of hydrogen-bond donors (Lipinski definition) is 1. The Labute approximate surface area is 99.8 Å². The Kier molecular flexibility index (Phi) is 2.83. The maximum atomic E-state index is 11.8. The lowest BCUT2D eigenvalue weighted by atomic mass is 10.1. The maximum Gasteiger partial charge on any atom is 0.242 e. The van der Waals surface area contributed by atoms with Crippen molar-refractivity contribution in [3.8, 4) is 0 Å². The number of benzene rings is 1. The summed E-state index contributed by atoms with van der Waals surface area (Å²) in [4.78, 5) is 11.8. The van der Waals surface area contributed by atoms with E-state index >= 15 is 0 Å². The Bertz CT molecular complexity index is 539. The normalized spacial score (nSPS) is 11.7. The van der Waals surface area contributed by atoms with Crippen LogP contribution in [0.15, 0.2) is 24.3 Å². The number of amides is 1. The number of nitrogens with one attached hydrogen (secondary N) is 1. The Balaban J connectivity index is 2.16. The second-order valence-corrected chi connectivity index (χ2v) is 5.03. The molecule has 0 unspecified atom stereocenters. The maximum absolute atomic E-state index is 11.8. The number of fused-ring (bicyclic) bond motifs is 1. The zero-order valence-corrected chi connectivity index (χ0v) is 10.3. The fourth-order valence-corrected chi connectivity index (χ4v) is 1.63. The molecule has 1 heterocycles. The zero-order chi connectivity index (χ0) is 12.5. The van der Waals surface area contributed by atoms with Gasteiger partial charge in [-0.2, -0.15) is 0 Å². The van der Waals surface area contributed by atoms with Gasteiger partial charge in [-0.15, -0.1) is 5.10 Å². The van der Waals surface area contributed by atoms with E-state index in [-0.39, 0.29) is 18.0 Å². The van der Waals surface area contributed by atoms with Crippen LogP contribution in [0.25, 0.3) is 11.0 Å². The molecule has 1 amide bonds. The number of carbonyl (C=O) groups is 1. The molecule has 2 rings (SSSR count). The van der Waals surface area contributed by atoms with Crippen LogP contribution in [0.3, 0.4) is 0 Å². The summed E-state index contributed by atoms with van der Waals surface area (Å²) in [6, 6.07) is 7.58. The van der Waals surface area contributed by atoms with E-state index in [9.17, 15) is 4.79 Å². The first kappa shape index (κ1) is 11.6. The second kappa shape index (κ2) is 4.16. The fourth-order valence-electron chi connectivity index (χ4n) is 1.63. The molecule has 0 aliphatic heterocycles. The minimum absolute atomic E-state index is 0.0619. The highest BCUT2D eigenvalue weighted by Crippen LogP contribution is 2.09. The van der Waals surface area contributed by atoms with Gasteiger partial charge >= 0.3 is 0 Å². The number of aromatic nitrogens is 3. The summed E-state index contributed by atoms with van der Waals surface area (Å²) >= 11 is 0. The van der Waals surface area contributed by atoms with Crippen molar-refractivity contribution in [1.29, 1.82) is 0 Å². The van der Waals surface area contributed by atoms with Crippen molar-refractivity contribution in [3.63, 3.8) is 0 Å². The van der Waals surface area contributed by atoms with E-state index in [4.69, 9.17) is 0 Å². The molecule has 0 saturated carbocycles. The molecule has 1 N–H and O–H groups in total. The highest BCUT2D eigenvalue weighted by Gasteiger charge is 2.15. The highest BCUT2D eigenvalue weighted by atomic mass is 16.2. The molecule has 0 saturated heterocycles. The molecule has 5 nitrogen and oxygen atoms in total. The zero-order valence-electron chi connectivity index (χ0n) is 10.3. The molecular formula is C12H16N4O. The number of nitrogens with zero attached hydrogens (tertiary/aromatic N) is 3. The van der Waals surface area contributed by atoms with Gasteiger partial charge in [-0.1, -0.05) is 17.3 Å². The van der Waals surface area contributed by atoms with Crippen LogP contribution in [0, 0.1) is 0 Å². The van der Waals surface area contributed by atoms with Gasteiger partial charge in [0.25, 0.3) is 0 Å². The molecule has 0 atom stereocenters. The van der Waals surface area contributed by atoms with Crippen molar-refractivity contribution in [3.05, 3.63) is 24.3 Å². The Hall–Kier alpha value is -1.91. The molecule has 0 aliphatic rings. The van der Waals surface area contributed by atoms with Gasteiger partial charge in [0.05, 0.1) is 5.52 Å². The van der Waals surface area contributed by atoms with E-state index in [1.807, 2.05) is 45.0 Å². The lowest BCUT2D eigenvalue weighted by molar-refractivity contribution is -0.123. The summed E-state index contributed by atoms with van der Waals surface area (Å²) in [5.41, 5.74) is 1.45. The predicted octanol–water partition coefficient (Wildman–Crippen LogP) is 1.35. The van der Waals surface area contributed by atoms with Crippen LogP contribution in [0.2, 0.25) is 0 Å². The van der Waals surface area contributed by atoms with Crippen LogP contribution < -0.4 is 5.32 Å². The third-order valence-corrected chi connectivity index (χ3v) is 2.23. The third-order valence-electron chi connectivity index (χ3n) is 2.23. The molecular weight excluding hydrogens is 216 g/mol. The van der Waals surface area contributed by atoms with Crippen molar-refractivity contribution in [1.82, 2.24) is 20.3 Å². The highest BCUT2D eigenvalue weighted by molar-refractivity contribution is 5.80. The summed E-state index contributed by atoms with van der Waals surface area (Å²) in [6.45, 7) is 6.04. The van der Waals surface area contributed by atoms with Gasteiger partial charge in [0.2, 0.25) is 5.91 Å². The summed E-state index contributed by atoms with van der Waals surface area (Å²) in [7, 11) is 0. The van der Waals surface area contributed by atoms with Gasteiger partial charge < -0.3 is 5.32 Å². The number of hydrogen-bond acceptors (Lipinski definition) is 3. The van der Waals surface area contributed by atoms with Gasteiger partial charge in [-0.05, 0) is 32.9 Å². The third kappa shape index (κ3) is 2.81. The number of rotatable bonds is 2. The Morgan fingerprint density at radius 3 is 2.76 bits per heavy atom. The minimum Gasteiger partial charge on any atom is -0.350 e. The molecule has 0 spiro atoms. The summed E-state index contributed by atoms with van der Waals surface area (Å²) in [5.74, 6) is -0.0619. The molecule has 1 aromatic carbocycles. The second-order valence-electron chi connectivity index (χ2n) is 5.03. The molecule has 17 heavy (non-hydrogen) atoms. The molecule has 2 aromatic rings. The quantitative estimate of drug-likeness (QED) is 0.850. The smallest absolute Gasteiger partial charge is 0.242 e. The SMILES string of the molecule is CC(C)(C)NC(=O)Cn1nnc2ccccc21. The van der Waals surface area contributed by atoms with Gasteiger partial charge in [-0.3, -0.25) is 4.79 Å². The molecule has 0 aliphatic carbocycles. The van der Waals surface area contributed by atoms with E-state index in [0.29, 0.717) is 0 Å². The topological polar surface area (TPSA) is 59.8 Å². The average molecular weight is 232 g/mol. The van der Waals surface area contributed by atoms with E-state index in [1.54, 1.807) is 4.68 Å². The first-order valence-electron chi connectivity index (χ1n) is 5.55. The number of carbonyl (C=O) groups excluding carboxylic acids is 1. The molecule has 90 valence electrons. The van der Waals surface area contributed by atoms with Crippen molar-refractivity contribution in [2.45, 2.75) is 32.9 Å². The lowest BCUT2D eigenvalue weighted by Gasteiger charge is -2.20. The van der Waals surface area contributed by atoms with Gasteiger partial charge in [0.1, 0.15) is 12.1 Å². The van der Waals surface area contributed by atoms with Gasteiger partial charge in [0.15, 0.2) is 0 Å². The summed E-state index contributed by atoms with van der Waals surface area (Å²) < 4.78 is 1.61. The summed E-state index contributed by atoms with van der Waals surface area (Å²) in [6.07, 6.45) is 0. The van der Waals surface area contributed by atoms with Crippen LogP contribution in [0.5, 0.6) is 0 Å². The molecule has 1 aromatic heterocycles. The van der Waals surface area contributed by atoms with Crippen LogP contribution >= 0.6 is 0 Å². The predicted molar refractivity (Wildman–Crippen MR) is 65.4 cm³/mol. The van der Waals surface area contributed by atoms with Crippen molar-refractivity contribution in [2.24, 2.45) is 0 Å². The van der Waals surface area contributed by atoms with Crippen LogP contribution in [0.4, 0.5) is 0 Å². The lowest BCUT2D eigenvalue weighted by Crippen LogP contribution is -2.42. The average Bonchev–Trinajstić information content (AvgIpc) is 2.59. The Morgan fingerprint density at radius 1 is 1.35 bits per heavy atom. The first-order chi connectivity index (χ1) is 7.96. The standard InChI is InChI=1S/C12H16N4O/c1-12(2,3)13-11(17)8-16-10-7-5-4-6-9(10)14-15-16/h4-7H,8H2,1-3H3,(H,13,17). The van der Waals surface area contributed by atoms with Crippen LogP contribution in [-0.4, -0.2) is 26.4 Å². The molecule has 0 radical (unpaired) electrons. The van der Waals surface area contributed by atoms with Crippen LogP contribution in [-0.2, 0) is 11.3 Å². The first-order valence-corrected chi connectivity index (χ1v) is 5.55. The van der Waals surface area contributed by atoms with Crippen molar-refractivity contribution >= 4 is 16.9 Å². The minimum atomic E-state index is -0.229.